The molecular formula is C14H24N6O. The Morgan fingerprint density at radius 3 is 2.62 bits per heavy atom. The second-order valence-electron chi connectivity index (χ2n) is 5.96. The van der Waals surface area contributed by atoms with E-state index in [-0.39, 0.29) is 0 Å². The van der Waals surface area contributed by atoms with Crippen LogP contribution in [-0.4, -0.2) is 61.9 Å². The maximum absolute atomic E-state index is 5.39. The summed E-state index contributed by atoms with van der Waals surface area (Å²) < 4.78 is 5.39. The molecule has 2 aliphatic rings. The molecule has 0 bridgehead atoms. The molecule has 3 rings (SSSR count). The van der Waals surface area contributed by atoms with Gasteiger partial charge in [-0.25, -0.2) is 0 Å². The molecule has 7 nitrogen and oxygen atoms in total. The zero-order chi connectivity index (χ0) is 14.8. The van der Waals surface area contributed by atoms with Gasteiger partial charge in [0.25, 0.3) is 0 Å². The Bertz CT molecular complexity index is 490. The van der Waals surface area contributed by atoms with Crippen molar-refractivity contribution < 1.29 is 4.74 Å². The summed E-state index contributed by atoms with van der Waals surface area (Å²) in [5.41, 5.74) is 0. The summed E-state index contributed by atoms with van der Waals surface area (Å²) in [6, 6.07) is 0. The van der Waals surface area contributed by atoms with Crippen LogP contribution in [0.25, 0.3) is 0 Å². The normalized spacial score (nSPS) is 24.8. The predicted molar refractivity (Wildman–Crippen MR) is 82.9 cm³/mol. The molecule has 1 aromatic rings. The van der Waals surface area contributed by atoms with Gasteiger partial charge in [-0.05, 0) is 18.3 Å². The Hall–Kier alpha value is -1.63. The lowest BCUT2D eigenvalue weighted by Gasteiger charge is -2.28. The van der Waals surface area contributed by atoms with Gasteiger partial charge in [-0.1, -0.05) is 6.92 Å². The van der Waals surface area contributed by atoms with Crippen LogP contribution in [0.2, 0.25) is 0 Å². The van der Waals surface area contributed by atoms with Gasteiger partial charge in [-0.2, -0.15) is 15.0 Å². The van der Waals surface area contributed by atoms with E-state index in [2.05, 4.69) is 44.0 Å². The van der Waals surface area contributed by atoms with Crippen molar-refractivity contribution in [2.45, 2.75) is 13.3 Å². The molecule has 1 N–H and O–H groups in total. The van der Waals surface area contributed by atoms with Crippen LogP contribution in [0.5, 0.6) is 0 Å². The lowest BCUT2D eigenvalue weighted by Crippen LogP contribution is -2.38. The van der Waals surface area contributed by atoms with Crippen molar-refractivity contribution in [3.63, 3.8) is 0 Å². The number of hydrogen-bond donors (Lipinski definition) is 1. The molecule has 1 saturated carbocycles. The number of ether oxygens (including phenoxy) is 1. The molecule has 2 heterocycles. The molecule has 1 aliphatic heterocycles. The van der Waals surface area contributed by atoms with E-state index in [1.807, 2.05) is 7.05 Å². The average Bonchev–Trinajstić information content (AvgIpc) is 3.22. The van der Waals surface area contributed by atoms with Gasteiger partial charge in [0.1, 0.15) is 0 Å². The largest absolute Gasteiger partial charge is 0.378 e. The predicted octanol–water partition coefficient (Wildman–Crippen LogP) is 0.842. The molecule has 116 valence electrons. The highest BCUT2D eigenvalue weighted by Gasteiger charge is 2.34. The van der Waals surface area contributed by atoms with Gasteiger partial charge < -0.3 is 19.9 Å². The number of nitrogens with one attached hydrogen (secondary N) is 1. The molecule has 2 atom stereocenters. The SMILES string of the molecule is CNc1nc(N(C)CC2CC2C)nc(N2CCOCC2)n1. The topological polar surface area (TPSA) is 66.4 Å². The summed E-state index contributed by atoms with van der Waals surface area (Å²) in [4.78, 5) is 17.9. The minimum atomic E-state index is 0.622. The van der Waals surface area contributed by atoms with E-state index >= 15 is 0 Å². The second-order valence-corrected chi connectivity index (χ2v) is 5.96. The van der Waals surface area contributed by atoms with Gasteiger partial charge in [0.15, 0.2) is 0 Å². The van der Waals surface area contributed by atoms with E-state index in [1.54, 1.807) is 0 Å². The maximum Gasteiger partial charge on any atom is 0.232 e. The Morgan fingerprint density at radius 1 is 1.29 bits per heavy atom. The first-order valence-corrected chi connectivity index (χ1v) is 7.65. The van der Waals surface area contributed by atoms with Crippen LogP contribution in [0.3, 0.4) is 0 Å². The molecule has 1 aliphatic carbocycles. The second kappa shape index (κ2) is 6.01. The molecule has 7 heteroatoms. The van der Waals surface area contributed by atoms with Crippen LogP contribution in [0, 0.1) is 11.8 Å². The minimum absolute atomic E-state index is 0.622. The fourth-order valence-corrected chi connectivity index (χ4v) is 2.63. The highest BCUT2D eigenvalue weighted by atomic mass is 16.5. The van der Waals surface area contributed by atoms with Crippen molar-refractivity contribution in [2.24, 2.45) is 11.8 Å². The van der Waals surface area contributed by atoms with Gasteiger partial charge in [0.05, 0.1) is 13.2 Å². The summed E-state index contributed by atoms with van der Waals surface area (Å²) in [6.45, 7) is 6.42. The van der Waals surface area contributed by atoms with Gasteiger partial charge in [0.2, 0.25) is 17.8 Å². The number of anilines is 3. The number of nitrogens with zero attached hydrogens (tertiary/aromatic N) is 5. The molecule has 1 saturated heterocycles. The minimum Gasteiger partial charge on any atom is -0.378 e. The number of aromatic nitrogens is 3. The van der Waals surface area contributed by atoms with Gasteiger partial charge in [-0.15, -0.1) is 0 Å². The number of morpholine rings is 1. The summed E-state index contributed by atoms with van der Waals surface area (Å²) in [5.74, 6) is 3.71. The van der Waals surface area contributed by atoms with Crippen LogP contribution in [0.4, 0.5) is 17.8 Å². The fraction of sp³-hybridized carbons (Fsp3) is 0.786. The molecule has 2 unspecified atom stereocenters. The van der Waals surface area contributed by atoms with Crippen molar-refractivity contribution in [1.29, 1.82) is 0 Å². The fourth-order valence-electron chi connectivity index (χ4n) is 2.63. The molecule has 0 spiro atoms. The molecule has 0 amide bonds. The van der Waals surface area contributed by atoms with Crippen LogP contribution in [0.15, 0.2) is 0 Å². The van der Waals surface area contributed by atoms with Crippen LogP contribution < -0.4 is 15.1 Å². The quantitative estimate of drug-likeness (QED) is 0.862. The van der Waals surface area contributed by atoms with Crippen molar-refractivity contribution in [3.8, 4) is 0 Å². The number of hydrogen-bond acceptors (Lipinski definition) is 7. The van der Waals surface area contributed by atoms with Crippen molar-refractivity contribution in [2.75, 3.05) is 62.1 Å². The first kappa shape index (κ1) is 14.3. The highest BCUT2D eigenvalue weighted by molar-refractivity contribution is 5.45. The van der Waals surface area contributed by atoms with E-state index in [9.17, 15) is 0 Å². The van der Waals surface area contributed by atoms with Crippen molar-refractivity contribution >= 4 is 17.8 Å². The summed E-state index contributed by atoms with van der Waals surface area (Å²) in [7, 11) is 3.90. The van der Waals surface area contributed by atoms with Crippen molar-refractivity contribution in [3.05, 3.63) is 0 Å². The Kier molecular flexibility index (Phi) is 4.10. The molecular weight excluding hydrogens is 268 g/mol. The molecule has 1 aromatic heterocycles. The van der Waals surface area contributed by atoms with E-state index in [0.29, 0.717) is 5.95 Å². The van der Waals surface area contributed by atoms with Crippen molar-refractivity contribution in [1.82, 2.24) is 15.0 Å². The van der Waals surface area contributed by atoms with E-state index < -0.39 is 0 Å². The van der Waals surface area contributed by atoms with Crippen LogP contribution in [-0.2, 0) is 4.74 Å². The smallest absolute Gasteiger partial charge is 0.232 e. The lowest BCUT2D eigenvalue weighted by atomic mass is 10.3. The average molecular weight is 292 g/mol. The number of rotatable bonds is 5. The molecule has 2 fully saturated rings. The summed E-state index contributed by atoms with van der Waals surface area (Å²) in [5, 5.41) is 3.03. The lowest BCUT2D eigenvalue weighted by molar-refractivity contribution is 0.122. The molecule has 0 radical (unpaired) electrons. The maximum atomic E-state index is 5.39. The Labute approximate surface area is 125 Å². The third-order valence-electron chi connectivity index (χ3n) is 4.26. The third kappa shape index (κ3) is 3.34. The zero-order valence-electron chi connectivity index (χ0n) is 13.0. The van der Waals surface area contributed by atoms with Gasteiger partial charge >= 0.3 is 0 Å². The van der Waals surface area contributed by atoms with E-state index in [4.69, 9.17) is 4.74 Å². The van der Waals surface area contributed by atoms with Crippen LogP contribution in [0.1, 0.15) is 13.3 Å². The Morgan fingerprint density at radius 2 is 2.00 bits per heavy atom. The van der Waals surface area contributed by atoms with E-state index in [1.165, 1.54) is 6.42 Å². The highest BCUT2D eigenvalue weighted by Crippen LogP contribution is 2.38. The van der Waals surface area contributed by atoms with Crippen LogP contribution >= 0.6 is 0 Å². The Balaban J connectivity index is 1.78. The first-order chi connectivity index (χ1) is 10.2. The molecule has 21 heavy (non-hydrogen) atoms. The third-order valence-corrected chi connectivity index (χ3v) is 4.26. The monoisotopic (exact) mass is 292 g/mol. The zero-order valence-corrected chi connectivity index (χ0v) is 13.0. The van der Waals surface area contributed by atoms with Gasteiger partial charge in [0, 0.05) is 33.7 Å². The summed E-state index contributed by atoms with van der Waals surface area (Å²) in [6.07, 6.45) is 1.31. The first-order valence-electron chi connectivity index (χ1n) is 7.65. The van der Waals surface area contributed by atoms with Gasteiger partial charge in [-0.3, -0.25) is 0 Å². The molecule has 0 aromatic carbocycles. The van der Waals surface area contributed by atoms with E-state index in [0.717, 1.165) is 56.6 Å². The summed E-state index contributed by atoms with van der Waals surface area (Å²) >= 11 is 0. The standard InChI is InChI=1S/C14H24N6O/c1-10-8-11(10)9-19(3)13-16-12(15-2)17-14(18-13)20-4-6-21-7-5-20/h10-11H,4-9H2,1-3H3,(H,15,16,17,18).